The minimum absolute atomic E-state index is 0.00998. The molecule has 6 heteroatoms. The van der Waals surface area contributed by atoms with Gasteiger partial charge in [-0.15, -0.1) is 0 Å². The lowest BCUT2D eigenvalue weighted by molar-refractivity contribution is -0.126. The quantitative estimate of drug-likeness (QED) is 0.712. The van der Waals surface area contributed by atoms with E-state index < -0.39 is 0 Å². The van der Waals surface area contributed by atoms with Gasteiger partial charge >= 0.3 is 0 Å². The van der Waals surface area contributed by atoms with Crippen LogP contribution in [0.5, 0.6) is 0 Å². The molecule has 164 valence electrons. The van der Waals surface area contributed by atoms with E-state index in [9.17, 15) is 14.4 Å². The smallest absolute Gasteiger partial charge is 0.253 e. The van der Waals surface area contributed by atoms with Gasteiger partial charge < -0.3 is 15.5 Å². The molecule has 2 aromatic rings. The fraction of sp³-hybridized carbons (Fsp3) is 0.400. The molecule has 0 aromatic heterocycles. The zero-order valence-electron chi connectivity index (χ0n) is 18.3. The molecule has 1 unspecified atom stereocenters. The summed E-state index contributed by atoms with van der Waals surface area (Å²) in [5.41, 5.74) is 3.43. The highest BCUT2D eigenvalue weighted by atomic mass is 16.2. The van der Waals surface area contributed by atoms with E-state index in [1.807, 2.05) is 62.4 Å². The number of likely N-dealkylation sites (tertiary alicyclic amines) is 1. The Bertz CT molecular complexity index is 924. The summed E-state index contributed by atoms with van der Waals surface area (Å²) in [6.07, 6.45) is 2.87. The van der Waals surface area contributed by atoms with E-state index in [4.69, 9.17) is 0 Å². The standard InChI is InChI=1S/C25H31N3O3/c1-3-6-23(29)27-22-9-4-7-19(15-22)16-26-24(30)21-8-5-14-28(17-21)25(31)20-12-10-18(2)11-13-20/h4,7,9-13,15,21H,3,5-6,8,14,16-17H2,1-2H3,(H,26,30)(H,27,29). The van der Waals surface area contributed by atoms with Crippen molar-refractivity contribution in [3.63, 3.8) is 0 Å². The lowest BCUT2D eigenvalue weighted by Crippen LogP contribution is -2.45. The number of hydrogen-bond donors (Lipinski definition) is 2. The number of nitrogens with zero attached hydrogens (tertiary/aromatic N) is 1. The van der Waals surface area contributed by atoms with Crippen molar-refractivity contribution in [3.05, 3.63) is 65.2 Å². The van der Waals surface area contributed by atoms with Crippen molar-refractivity contribution in [2.24, 2.45) is 5.92 Å². The highest BCUT2D eigenvalue weighted by Gasteiger charge is 2.28. The molecule has 2 N–H and O–H groups in total. The molecule has 1 aliphatic rings. The van der Waals surface area contributed by atoms with E-state index in [-0.39, 0.29) is 23.6 Å². The summed E-state index contributed by atoms with van der Waals surface area (Å²) in [5.74, 6) is -0.283. The fourth-order valence-corrected chi connectivity index (χ4v) is 3.80. The Morgan fingerprint density at radius 2 is 1.87 bits per heavy atom. The van der Waals surface area contributed by atoms with Crippen molar-refractivity contribution in [2.75, 3.05) is 18.4 Å². The summed E-state index contributed by atoms with van der Waals surface area (Å²) in [4.78, 5) is 39.1. The lowest BCUT2D eigenvalue weighted by Gasteiger charge is -2.32. The maximum Gasteiger partial charge on any atom is 0.253 e. The van der Waals surface area contributed by atoms with Gasteiger partial charge in [0.1, 0.15) is 0 Å². The molecule has 0 spiro atoms. The predicted molar refractivity (Wildman–Crippen MR) is 122 cm³/mol. The second-order valence-electron chi connectivity index (χ2n) is 8.17. The molecule has 3 amide bonds. The largest absolute Gasteiger partial charge is 0.352 e. The Kier molecular flexibility index (Phi) is 7.82. The van der Waals surface area contributed by atoms with Crippen LogP contribution in [-0.4, -0.2) is 35.7 Å². The molecule has 1 aliphatic heterocycles. The number of nitrogens with one attached hydrogen (secondary N) is 2. The Labute approximate surface area is 184 Å². The topological polar surface area (TPSA) is 78.5 Å². The first-order valence-corrected chi connectivity index (χ1v) is 11.0. The third kappa shape index (κ3) is 6.41. The van der Waals surface area contributed by atoms with Gasteiger partial charge in [-0.05, 0) is 56.0 Å². The summed E-state index contributed by atoms with van der Waals surface area (Å²) in [6, 6.07) is 15.0. The van der Waals surface area contributed by atoms with Gasteiger partial charge in [-0.2, -0.15) is 0 Å². The van der Waals surface area contributed by atoms with Crippen LogP contribution in [0.25, 0.3) is 0 Å². The summed E-state index contributed by atoms with van der Waals surface area (Å²) < 4.78 is 0. The van der Waals surface area contributed by atoms with E-state index >= 15 is 0 Å². The molecule has 3 rings (SSSR count). The monoisotopic (exact) mass is 421 g/mol. The summed E-state index contributed by atoms with van der Waals surface area (Å²) in [7, 11) is 0. The SMILES string of the molecule is CCCC(=O)Nc1cccc(CNC(=O)C2CCCN(C(=O)c3ccc(C)cc3)C2)c1. The van der Waals surface area contributed by atoms with Crippen LogP contribution in [0.15, 0.2) is 48.5 Å². The highest BCUT2D eigenvalue weighted by Crippen LogP contribution is 2.20. The van der Waals surface area contributed by atoms with Crippen LogP contribution < -0.4 is 10.6 Å². The third-order valence-corrected chi connectivity index (χ3v) is 5.53. The van der Waals surface area contributed by atoms with Crippen LogP contribution in [0.3, 0.4) is 0 Å². The van der Waals surface area contributed by atoms with Crippen molar-refractivity contribution in [3.8, 4) is 0 Å². The van der Waals surface area contributed by atoms with Crippen LogP contribution in [-0.2, 0) is 16.1 Å². The first-order chi connectivity index (χ1) is 15.0. The third-order valence-electron chi connectivity index (χ3n) is 5.53. The molecule has 1 saturated heterocycles. The number of hydrogen-bond acceptors (Lipinski definition) is 3. The Balaban J connectivity index is 1.54. The number of carbonyl (C=O) groups is 3. The minimum Gasteiger partial charge on any atom is -0.352 e. The van der Waals surface area contributed by atoms with E-state index in [1.165, 1.54) is 0 Å². The molecule has 0 bridgehead atoms. The minimum atomic E-state index is -0.212. The van der Waals surface area contributed by atoms with Crippen molar-refractivity contribution in [1.29, 1.82) is 0 Å². The van der Waals surface area contributed by atoms with Crippen molar-refractivity contribution < 1.29 is 14.4 Å². The summed E-state index contributed by atoms with van der Waals surface area (Å²) in [5, 5.41) is 5.87. The molecule has 2 aromatic carbocycles. The Morgan fingerprint density at radius 1 is 1.10 bits per heavy atom. The van der Waals surface area contributed by atoms with Crippen molar-refractivity contribution >= 4 is 23.4 Å². The molecule has 1 fully saturated rings. The van der Waals surface area contributed by atoms with Crippen LogP contribution in [0.2, 0.25) is 0 Å². The number of amides is 3. The van der Waals surface area contributed by atoms with E-state index in [0.717, 1.165) is 36.1 Å². The number of benzene rings is 2. The summed E-state index contributed by atoms with van der Waals surface area (Å²) >= 11 is 0. The Hall–Kier alpha value is -3.15. The highest BCUT2D eigenvalue weighted by molar-refractivity contribution is 5.94. The first-order valence-electron chi connectivity index (χ1n) is 11.0. The van der Waals surface area contributed by atoms with Crippen LogP contribution >= 0.6 is 0 Å². The zero-order chi connectivity index (χ0) is 22.2. The molecule has 6 nitrogen and oxygen atoms in total. The molecular formula is C25H31N3O3. The maximum absolute atomic E-state index is 12.8. The van der Waals surface area contributed by atoms with Crippen LogP contribution in [0.4, 0.5) is 5.69 Å². The number of piperidine rings is 1. The zero-order valence-corrected chi connectivity index (χ0v) is 18.3. The van der Waals surface area contributed by atoms with Gasteiger partial charge in [0.25, 0.3) is 5.91 Å². The molecule has 0 radical (unpaired) electrons. The second-order valence-corrected chi connectivity index (χ2v) is 8.17. The number of rotatable bonds is 7. The van der Waals surface area contributed by atoms with Crippen molar-refractivity contribution in [2.45, 2.75) is 46.1 Å². The number of anilines is 1. The van der Waals surface area contributed by atoms with Gasteiger partial charge in [0.05, 0.1) is 5.92 Å². The summed E-state index contributed by atoms with van der Waals surface area (Å²) in [6.45, 7) is 5.46. The van der Waals surface area contributed by atoms with Crippen molar-refractivity contribution in [1.82, 2.24) is 10.2 Å². The number of carbonyl (C=O) groups excluding carboxylic acids is 3. The first kappa shape index (κ1) is 22.5. The lowest BCUT2D eigenvalue weighted by atomic mass is 9.96. The van der Waals surface area contributed by atoms with E-state index in [0.29, 0.717) is 31.6 Å². The predicted octanol–water partition coefficient (Wildman–Crippen LogP) is 3.90. The maximum atomic E-state index is 12.8. The van der Waals surface area contributed by atoms with Gasteiger partial charge in [0.2, 0.25) is 11.8 Å². The van der Waals surface area contributed by atoms with E-state index in [1.54, 1.807) is 4.90 Å². The normalized spacial score (nSPS) is 15.9. The molecule has 31 heavy (non-hydrogen) atoms. The number of aryl methyl sites for hydroxylation is 1. The molecule has 1 atom stereocenters. The average Bonchev–Trinajstić information content (AvgIpc) is 2.78. The van der Waals surface area contributed by atoms with Gasteiger partial charge in [-0.25, -0.2) is 0 Å². The molecule has 0 aliphatic carbocycles. The Morgan fingerprint density at radius 3 is 2.61 bits per heavy atom. The average molecular weight is 422 g/mol. The van der Waals surface area contributed by atoms with Gasteiger partial charge in [0.15, 0.2) is 0 Å². The van der Waals surface area contributed by atoms with Crippen LogP contribution in [0, 0.1) is 12.8 Å². The fourth-order valence-electron chi connectivity index (χ4n) is 3.80. The van der Waals surface area contributed by atoms with Gasteiger partial charge in [0, 0.05) is 37.3 Å². The second kappa shape index (κ2) is 10.8. The molecular weight excluding hydrogens is 390 g/mol. The van der Waals surface area contributed by atoms with E-state index in [2.05, 4.69) is 10.6 Å². The molecule has 0 saturated carbocycles. The van der Waals surface area contributed by atoms with Gasteiger partial charge in [-0.3, -0.25) is 14.4 Å². The van der Waals surface area contributed by atoms with Crippen LogP contribution in [0.1, 0.15) is 54.1 Å². The molecule has 1 heterocycles. The van der Waals surface area contributed by atoms with Gasteiger partial charge in [-0.1, -0.05) is 36.8 Å².